The number of halogens is 7. The fourth-order valence-corrected chi connectivity index (χ4v) is 1.72. The fraction of sp³-hybridized carbons (Fsp3) is 1.00. The molecular formula is C4H3Cl7O2. The van der Waals surface area contributed by atoms with E-state index in [1.165, 1.54) is 0 Å². The zero-order valence-electron chi connectivity index (χ0n) is 5.62. The lowest BCUT2D eigenvalue weighted by Gasteiger charge is -2.35. The SMILES string of the molecule is OC(Cl)(Cl)C(Cl)C(Cl)(Cl)C(O)(Cl)Cl. The molecule has 0 spiro atoms. The lowest BCUT2D eigenvalue weighted by atomic mass is 10.3. The molecule has 0 fully saturated rings. The molecule has 13 heavy (non-hydrogen) atoms. The van der Waals surface area contributed by atoms with Crippen molar-refractivity contribution in [2.45, 2.75) is 18.7 Å². The van der Waals surface area contributed by atoms with Crippen LogP contribution in [0.4, 0.5) is 0 Å². The highest BCUT2D eigenvalue weighted by Gasteiger charge is 2.57. The van der Waals surface area contributed by atoms with Crippen molar-refractivity contribution in [2.75, 3.05) is 0 Å². The summed E-state index contributed by atoms with van der Waals surface area (Å²) in [6.45, 7) is 0. The second-order valence-electron chi connectivity index (χ2n) is 2.11. The van der Waals surface area contributed by atoms with Gasteiger partial charge in [-0.3, -0.25) is 0 Å². The molecular weight excluding hydrogens is 328 g/mol. The highest BCUT2D eigenvalue weighted by molar-refractivity contribution is 6.65. The molecule has 0 aliphatic carbocycles. The second kappa shape index (κ2) is 4.44. The molecule has 2 nitrogen and oxygen atoms in total. The molecule has 0 heterocycles. The van der Waals surface area contributed by atoms with Gasteiger partial charge in [0, 0.05) is 0 Å². The molecule has 0 aromatic rings. The van der Waals surface area contributed by atoms with E-state index in [4.69, 9.17) is 91.4 Å². The Morgan fingerprint density at radius 1 is 0.846 bits per heavy atom. The molecule has 0 saturated carbocycles. The average Bonchev–Trinajstić information content (AvgIpc) is 1.81. The lowest BCUT2D eigenvalue weighted by molar-refractivity contribution is 0.147. The Labute approximate surface area is 110 Å². The van der Waals surface area contributed by atoms with Crippen LogP contribution in [-0.2, 0) is 0 Å². The Bertz CT molecular complexity index is 180. The van der Waals surface area contributed by atoms with Gasteiger partial charge in [-0.2, -0.15) is 0 Å². The molecule has 0 radical (unpaired) electrons. The molecule has 9 heteroatoms. The monoisotopic (exact) mass is 328 g/mol. The van der Waals surface area contributed by atoms with Crippen molar-refractivity contribution in [1.29, 1.82) is 0 Å². The average molecular weight is 331 g/mol. The van der Waals surface area contributed by atoms with E-state index in [2.05, 4.69) is 0 Å². The number of hydrogen-bond acceptors (Lipinski definition) is 2. The Morgan fingerprint density at radius 2 is 1.15 bits per heavy atom. The van der Waals surface area contributed by atoms with Gasteiger partial charge in [-0.15, -0.1) is 11.6 Å². The number of aliphatic hydroxyl groups is 2. The maximum Gasteiger partial charge on any atom is 0.250 e. The third-order valence-electron chi connectivity index (χ3n) is 1.02. The first-order valence-electron chi connectivity index (χ1n) is 2.63. The van der Waals surface area contributed by atoms with Gasteiger partial charge in [0.05, 0.1) is 0 Å². The number of rotatable bonds is 3. The number of alkyl halides is 7. The van der Waals surface area contributed by atoms with Crippen LogP contribution in [0.3, 0.4) is 0 Å². The molecule has 80 valence electrons. The van der Waals surface area contributed by atoms with E-state index in [0.29, 0.717) is 0 Å². The normalized spacial score (nSPS) is 17.3. The molecule has 1 unspecified atom stereocenters. The molecule has 0 rings (SSSR count). The summed E-state index contributed by atoms with van der Waals surface area (Å²) >= 11 is 37.0. The Hall–Kier alpha value is 1.95. The van der Waals surface area contributed by atoms with Crippen LogP contribution in [0.25, 0.3) is 0 Å². The summed E-state index contributed by atoms with van der Waals surface area (Å²) in [6.07, 6.45) is 0. The van der Waals surface area contributed by atoms with E-state index in [0.717, 1.165) is 0 Å². The predicted octanol–water partition coefficient (Wildman–Crippen LogP) is 3.02. The summed E-state index contributed by atoms with van der Waals surface area (Å²) in [5, 5.41) is 16.3. The molecule has 2 N–H and O–H groups in total. The van der Waals surface area contributed by atoms with Gasteiger partial charge < -0.3 is 10.2 Å². The van der Waals surface area contributed by atoms with Gasteiger partial charge in [-0.25, -0.2) is 0 Å². The van der Waals surface area contributed by atoms with Crippen molar-refractivity contribution in [1.82, 2.24) is 0 Å². The van der Waals surface area contributed by atoms with Crippen LogP contribution >= 0.6 is 81.2 Å². The molecule has 1 atom stereocenters. The van der Waals surface area contributed by atoms with Gasteiger partial charge >= 0.3 is 0 Å². The summed E-state index contributed by atoms with van der Waals surface area (Å²) in [6, 6.07) is 0. The summed E-state index contributed by atoms with van der Waals surface area (Å²) < 4.78 is -7.43. The fourth-order valence-electron chi connectivity index (χ4n) is 0.371. The first-order valence-corrected chi connectivity index (χ1v) is 5.33. The minimum absolute atomic E-state index is 1.70. The van der Waals surface area contributed by atoms with Crippen molar-refractivity contribution >= 4 is 81.2 Å². The van der Waals surface area contributed by atoms with Crippen LogP contribution in [-0.4, -0.2) is 29.0 Å². The van der Waals surface area contributed by atoms with Gasteiger partial charge in [0.25, 0.3) is 0 Å². The van der Waals surface area contributed by atoms with Crippen molar-refractivity contribution in [2.24, 2.45) is 0 Å². The smallest absolute Gasteiger partial charge is 0.250 e. The van der Waals surface area contributed by atoms with Crippen molar-refractivity contribution in [3.8, 4) is 0 Å². The van der Waals surface area contributed by atoms with Crippen molar-refractivity contribution in [3.05, 3.63) is 0 Å². The van der Waals surface area contributed by atoms with Crippen LogP contribution in [0.5, 0.6) is 0 Å². The van der Waals surface area contributed by atoms with Crippen LogP contribution in [0, 0.1) is 0 Å². The summed E-state index contributed by atoms with van der Waals surface area (Å²) in [5.74, 6) is 0. The van der Waals surface area contributed by atoms with Crippen LogP contribution in [0.15, 0.2) is 0 Å². The van der Waals surface area contributed by atoms with Gasteiger partial charge in [0.2, 0.25) is 9.04 Å². The first kappa shape index (κ1) is 14.9. The second-order valence-corrected chi connectivity index (χ2v) is 6.57. The van der Waals surface area contributed by atoms with Crippen LogP contribution < -0.4 is 0 Å². The van der Waals surface area contributed by atoms with Crippen LogP contribution in [0.2, 0.25) is 0 Å². The van der Waals surface area contributed by atoms with E-state index in [-0.39, 0.29) is 0 Å². The van der Waals surface area contributed by atoms with Gasteiger partial charge in [0.15, 0.2) is 4.33 Å². The van der Waals surface area contributed by atoms with E-state index in [9.17, 15) is 0 Å². The third kappa shape index (κ3) is 3.78. The third-order valence-corrected chi connectivity index (χ3v) is 4.52. The highest BCUT2D eigenvalue weighted by atomic mass is 35.5. The zero-order valence-corrected chi connectivity index (χ0v) is 10.9. The zero-order chi connectivity index (χ0) is 11.1. The summed E-state index contributed by atoms with van der Waals surface area (Å²) in [7, 11) is 0. The maximum atomic E-state index is 9.03. The van der Waals surface area contributed by atoms with E-state index in [1.807, 2.05) is 0 Å². The van der Waals surface area contributed by atoms with Gasteiger partial charge in [-0.05, 0) is 0 Å². The van der Waals surface area contributed by atoms with E-state index < -0.39 is 18.7 Å². The standard InChI is InChI=1S/C4H3Cl7O2/c5-1(3(8,9)12)2(6,7)4(10,11)13/h1,12-13H. The lowest BCUT2D eigenvalue weighted by Crippen LogP contribution is -2.50. The Kier molecular flexibility index (Phi) is 5.11. The van der Waals surface area contributed by atoms with Crippen molar-refractivity contribution in [3.63, 3.8) is 0 Å². The van der Waals surface area contributed by atoms with Gasteiger partial charge in [-0.1, -0.05) is 69.6 Å². The molecule has 0 bridgehead atoms. The molecule has 0 aliphatic rings. The quantitative estimate of drug-likeness (QED) is 0.781. The highest BCUT2D eigenvalue weighted by Crippen LogP contribution is 2.49. The maximum absolute atomic E-state index is 9.03. The molecule has 0 amide bonds. The predicted molar refractivity (Wildman–Crippen MR) is 57.4 cm³/mol. The summed E-state index contributed by atoms with van der Waals surface area (Å²) in [4.78, 5) is 0. The molecule has 0 saturated heterocycles. The number of hydrogen-bond donors (Lipinski definition) is 2. The minimum atomic E-state index is -2.61. The largest absolute Gasteiger partial charge is 0.361 e. The molecule has 0 aromatic carbocycles. The van der Waals surface area contributed by atoms with E-state index in [1.54, 1.807) is 0 Å². The topological polar surface area (TPSA) is 40.5 Å². The van der Waals surface area contributed by atoms with Gasteiger partial charge in [0.1, 0.15) is 5.38 Å². The molecule has 0 aliphatic heterocycles. The summed E-state index contributed by atoms with van der Waals surface area (Å²) in [5.41, 5.74) is 0. The van der Waals surface area contributed by atoms with Crippen LogP contribution in [0.1, 0.15) is 0 Å². The Morgan fingerprint density at radius 3 is 1.23 bits per heavy atom. The Balaban J connectivity index is 4.86. The van der Waals surface area contributed by atoms with E-state index >= 15 is 0 Å². The molecule has 0 aromatic heterocycles. The first-order chi connectivity index (χ1) is 5.40. The minimum Gasteiger partial charge on any atom is -0.361 e. The van der Waals surface area contributed by atoms with Crippen molar-refractivity contribution < 1.29 is 10.2 Å².